The van der Waals surface area contributed by atoms with E-state index in [0.29, 0.717) is 6.04 Å². The van der Waals surface area contributed by atoms with Crippen LogP contribution in [0.1, 0.15) is 33.1 Å². The third-order valence-electron chi connectivity index (χ3n) is 2.74. The van der Waals surface area contributed by atoms with Gasteiger partial charge in [0, 0.05) is 6.04 Å². The Bertz CT molecular complexity index is 140. The molecule has 0 aromatic carbocycles. The Labute approximate surface area is 95.1 Å². The molecule has 92 valence electrons. The Morgan fingerprint density at radius 3 is 2.13 bits per heavy atom. The molecule has 0 saturated carbocycles. The van der Waals surface area contributed by atoms with Gasteiger partial charge in [-0.25, -0.2) is 0 Å². The van der Waals surface area contributed by atoms with Crippen molar-refractivity contribution in [2.75, 3.05) is 40.3 Å². The van der Waals surface area contributed by atoms with E-state index in [1.807, 2.05) is 0 Å². The van der Waals surface area contributed by atoms with Gasteiger partial charge in [0.15, 0.2) is 0 Å². The highest BCUT2D eigenvalue weighted by Gasteiger charge is 2.11. The number of aliphatic hydroxyl groups is 1. The largest absolute Gasteiger partial charge is 0.395 e. The molecule has 0 spiro atoms. The minimum absolute atomic E-state index is 0.270. The van der Waals surface area contributed by atoms with Gasteiger partial charge >= 0.3 is 0 Å². The van der Waals surface area contributed by atoms with E-state index >= 15 is 0 Å². The van der Waals surface area contributed by atoms with Gasteiger partial charge in [0.1, 0.15) is 0 Å². The zero-order valence-corrected chi connectivity index (χ0v) is 10.9. The summed E-state index contributed by atoms with van der Waals surface area (Å²) in [5, 5.41) is 9.16. The van der Waals surface area contributed by atoms with E-state index in [1.54, 1.807) is 0 Å². The molecule has 1 unspecified atom stereocenters. The molecule has 0 bridgehead atoms. The van der Waals surface area contributed by atoms with Crippen LogP contribution in [-0.4, -0.2) is 61.3 Å². The normalized spacial score (nSPS) is 13.8. The maximum Gasteiger partial charge on any atom is 0.0584 e. The monoisotopic (exact) mass is 216 g/mol. The quantitative estimate of drug-likeness (QED) is 0.631. The molecule has 0 saturated heterocycles. The van der Waals surface area contributed by atoms with Crippen LogP contribution in [0.15, 0.2) is 0 Å². The zero-order chi connectivity index (χ0) is 11.7. The second kappa shape index (κ2) is 9.13. The molecule has 0 aromatic heterocycles. The summed E-state index contributed by atoms with van der Waals surface area (Å²) in [6.45, 7) is 7.92. The summed E-state index contributed by atoms with van der Waals surface area (Å²) >= 11 is 0. The van der Waals surface area contributed by atoms with E-state index in [1.165, 1.54) is 19.3 Å². The molecule has 0 radical (unpaired) electrons. The van der Waals surface area contributed by atoms with Crippen LogP contribution in [0.25, 0.3) is 0 Å². The summed E-state index contributed by atoms with van der Waals surface area (Å²) in [7, 11) is 4.21. The van der Waals surface area contributed by atoms with Crippen LogP contribution in [-0.2, 0) is 0 Å². The number of rotatable bonds is 9. The number of hydrogen-bond donors (Lipinski definition) is 1. The van der Waals surface area contributed by atoms with Crippen LogP contribution in [0.2, 0.25) is 0 Å². The molecule has 0 fully saturated rings. The van der Waals surface area contributed by atoms with Gasteiger partial charge in [-0.15, -0.1) is 0 Å². The third kappa shape index (κ3) is 7.77. The fraction of sp³-hybridized carbons (Fsp3) is 1.00. The minimum atomic E-state index is 0.270. The predicted molar refractivity (Wildman–Crippen MR) is 66.2 cm³/mol. The first-order chi connectivity index (χ1) is 7.11. The van der Waals surface area contributed by atoms with Crippen molar-refractivity contribution < 1.29 is 5.11 Å². The third-order valence-corrected chi connectivity index (χ3v) is 2.74. The fourth-order valence-electron chi connectivity index (χ4n) is 1.62. The lowest BCUT2D eigenvalue weighted by molar-refractivity contribution is 0.128. The molecule has 3 nitrogen and oxygen atoms in total. The highest BCUT2D eigenvalue weighted by molar-refractivity contribution is 4.66. The van der Waals surface area contributed by atoms with Crippen molar-refractivity contribution in [3.8, 4) is 0 Å². The van der Waals surface area contributed by atoms with Crippen molar-refractivity contribution >= 4 is 0 Å². The van der Waals surface area contributed by atoms with Crippen LogP contribution in [0.4, 0.5) is 0 Å². The van der Waals surface area contributed by atoms with Gasteiger partial charge in [-0.05, 0) is 53.5 Å². The highest BCUT2D eigenvalue weighted by atomic mass is 16.3. The molecule has 0 heterocycles. The maximum atomic E-state index is 9.16. The number of hydrogen-bond acceptors (Lipinski definition) is 3. The zero-order valence-electron chi connectivity index (χ0n) is 10.9. The molecule has 3 heteroatoms. The second-order valence-electron chi connectivity index (χ2n) is 4.58. The SMILES string of the molecule is CCCCN(CCCN(C)C)C(C)CO. The Morgan fingerprint density at radius 1 is 1.07 bits per heavy atom. The van der Waals surface area contributed by atoms with Crippen LogP contribution in [0.5, 0.6) is 0 Å². The molecule has 0 aliphatic heterocycles. The smallest absolute Gasteiger partial charge is 0.0584 e. The van der Waals surface area contributed by atoms with Crippen molar-refractivity contribution in [1.29, 1.82) is 0 Å². The summed E-state index contributed by atoms with van der Waals surface area (Å²) < 4.78 is 0. The minimum Gasteiger partial charge on any atom is -0.395 e. The van der Waals surface area contributed by atoms with Gasteiger partial charge in [0.2, 0.25) is 0 Å². The van der Waals surface area contributed by atoms with Crippen LogP contribution in [0, 0.1) is 0 Å². The first kappa shape index (κ1) is 14.9. The van der Waals surface area contributed by atoms with Crippen molar-refractivity contribution in [3.05, 3.63) is 0 Å². The lowest BCUT2D eigenvalue weighted by Crippen LogP contribution is -2.38. The number of nitrogens with zero attached hydrogens (tertiary/aromatic N) is 2. The molecule has 0 amide bonds. The van der Waals surface area contributed by atoms with Gasteiger partial charge in [-0.3, -0.25) is 4.90 Å². The van der Waals surface area contributed by atoms with E-state index < -0.39 is 0 Å². The van der Waals surface area contributed by atoms with E-state index in [9.17, 15) is 0 Å². The van der Waals surface area contributed by atoms with Crippen molar-refractivity contribution in [1.82, 2.24) is 9.80 Å². The first-order valence-electron chi connectivity index (χ1n) is 6.11. The van der Waals surface area contributed by atoms with Crippen molar-refractivity contribution in [3.63, 3.8) is 0 Å². The molecule has 15 heavy (non-hydrogen) atoms. The molecule has 0 aliphatic rings. The highest BCUT2D eigenvalue weighted by Crippen LogP contribution is 2.03. The van der Waals surface area contributed by atoms with E-state index in [-0.39, 0.29) is 6.61 Å². The summed E-state index contributed by atoms with van der Waals surface area (Å²) in [5.74, 6) is 0. The van der Waals surface area contributed by atoms with Crippen LogP contribution >= 0.6 is 0 Å². The molecular formula is C12H28N2O. The first-order valence-corrected chi connectivity index (χ1v) is 6.11. The molecule has 1 N–H and O–H groups in total. The van der Waals surface area contributed by atoms with Crippen molar-refractivity contribution in [2.24, 2.45) is 0 Å². The summed E-state index contributed by atoms with van der Waals surface area (Å²) in [5.41, 5.74) is 0. The van der Waals surface area contributed by atoms with E-state index in [0.717, 1.165) is 19.6 Å². The molecule has 0 rings (SSSR count). The Hall–Kier alpha value is -0.120. The second-order valence-corrected chi connectivity index (χ2v) is 4.58. The Kier molecular flexibility index (Phi) is 9.06. The molecule has 0 aromatic rings. The van der Waals surface area contributed by atoms with Crippen LogP contribution < -0.4 is 0 Å². The standard InChI is InChI=1S/C12H28N2O/c1-5-6-9-14(12(2)11-15)10-7-8-13(3)4/h12,15H,5-11H2,1-4H3. The molecular weight excluding hydrogens is 188 g/mol. The Morgan fingerprint density at radius 2 is 1.67 bits per heavy atom. The van der Waals surface area contributed by atoms with Crippen LogP contribution in [0.3, 0.4) is 0 Å². The molecule has 0 aliphatic carbocycles. The fourth-order valence-corrected chi connectivity index (χ4v) is 1.62. The maximum absolute atomic E-state index is 9.16. The lowest BCUT2D eigenvalue weighted by atomic mass is 10.2. The lowest BCUT2D eigenvalue weighted by Gasteiger charge is -2.28. The van der Waals surface area contributed by atoms with E-state index in [4.69, 9.17) is 5.11 Å². The van der Waals surface area contributed by atoms with Gasteiger partial charge < -0.3 is 10.0 Å². The Balaban J connectivity index is 3.79. The summed E-state index contributed by atoms with van der Waals surface area (Å²) in [6.07, 6.45) is 3.63. The van der Waals surface area contributed by atoms with Gasteiger partial charge in [0.05, 0.1) is 6.61 Å². The average molecular weight is 216 g/mol. The summed E-state index contributed by atoms with van der Waals surface area (Å²) in [4.78, 5) is 4.61. The number of unbranched alkanes of at least 4 members (excludes halogenated alkanes) is 1. The van der Waals surface area contributed by atoms with E-state index in [2.05, 4.69) is 37.7 Å². The van der Waals surface area contributed by atoms with Gasteiger partial charge in [0.25, 0.3) is 0 Å². The summed E-state index contributed by atoms with van der Waals surface area (Å²) in [6, 6.07) is 0.304. The topological polar surface area (TPSA) is 26.7 Å². The van der Waals surface area contributed by atoms with Gasteiger partial charge in [-0.1, -0.05) is 13.3 Å². The number of aliphatic hydroxyl groups excluding tert-OH is 1. The van der Waals surface area contributed by atoms with Crippen molar-refractivity contribution in [2.45, 2.75) is 39.2 Å². The molecule has 1 atom stereocenters. The average Bonchev–Trinajstić information content (AvgIpc) is 2.21. The van der Waals surface area contributed by atoms with Gasteiger partial charge in [-0.2, -0.15) is 0 Å². The predicted octanol–water partition coefficient (Wildman–Crippen LogP) is 1.42.